The molecule has 2 N–H and O–H groups in total. The Kier molecular flexibility index (Phi) is 6.36. The van der Waals surface area contributed by atoms with E-state index in [2.05, 4.69) is 21.7 Å². The van der Waals surface area contributed by atoms with Crippen molar-refractivity contribution in [2.45, 2.75) is 32.4 Å². The summed E-state index contributed by atoms with van der Waals surface area (Å²) in [6.07, 6.45) is 5.65. The summed E-state index contributed by atoms with van der Waals surface area (Å²) in [7, 11) is 0. The van der Waals surface area contributed by atoms with Gasteiger partial charge in [0.05, 0.1) is 16.1 Å². The highest BCUT2D eigenvalue weighted by molar-refractivity contribution is 7.80. The monoisotopic (exact) mass is 326 g/mol. The number of halogens is 1. The van der Waals surface area contributed by atoms with Crippen molar-refractivity contribution in [2.75, 3.05) is 26.2 Å². The molecule has 2 heterocycles. The molecule has 116 valence electrons. The smallest absolute Gasteiger partial charge is 0.0902 e. The molecule has 0 saturated carbocycles. The summed E-state index contributed by atoms with van der Waals surface area (Å²) >= 11 is 11.4. The first-order chi connectivity index (χ1) is 10.1. The Labute approximate surface area is 137 Å². The maximum absolute atomic E-state index is 6.17. The normalized spacial score (nSPS) is 18.6. The molecule has 1 aromatic rings. The summed E-state index contributed by atoms with van der Waals surface area (Å²) in [6.45, 7) is 7.09. The number of rotatable bonds is 6. The Morgan fingerprint density at radius 3 is 2.71 bits per heavy atom. The number of pyridine rings is 1. The van der Waals surface area contributed by atoms with Crippen molar-refractivity contribution in [1.82, 2.24) is 14.8 Å². The van der Waals surface area contributed by atoms with Crippen LogP contribution in [-0.4, -0.2) is 52.0 Å². The van der Waals surface area contributed by atoms with Gasteiger partial charge < -0.3 is 5.73 Å². The molecule has 0 spiro atoms. The molecule has 21 heavy (non-hydrogen) atoms. The van der Waals surface area contributed by atoms with Gasteiger partial charge in [-0.3, -0.25) is 14.8 Å². The number of hydrogen-bond donors (Lipinski definition) is 1. The van der Waals surface area contributed by atoms with Gasteiger partial charge in [-0.15, -0.1) is 0 Å². The molecule has 2 rings (SSSR count). The fourth-order valence-corrected chi connectivity index (χ4v) is 3.23. The Hall–Kier alpha value is -0.750. The van der Waals surface area contributed by atoms with Crippen molar-refractivity contribution in [3.05, 3.63) is 29.0 Å². The minimum absolute atomic E-state index is 0.247. The predicted molar refractivity (Wildman–Crippen MR) is 91.6 cm³/mol. The van der Waals surface area contributed by atoms with Gasteiger partial charge in [0.2, 0.25) is 0 Å². The van der Waals surface area contributed by atoms with Crippen LogP contribution in [0.4, 0.5) is 0 Å². The standard InChI is InChI=1S/C15H23ClN4S/c1-2-3-14(15(17)21)20-8-6-19(7-9-20)11-12-4-5-18-10-13(12)16/h4-5,10,14H,2-3,6-9,11H2,1H3,(H2,17,21). The van der Waals surface area contributed by atoms with Crippen LogP contribution < -0.4 is 5.73 Å². The van der Waals surface area contributed by atoms with Gasteiger partial charge >= 0.3 is 0 Å². The second-order valence-corrected chi connectivity index (χ2v) is 6.36. The van der Waals surface area contributed by atoms with Gasteiger partial charge in [0, 0.05) is 45.1 Å². The minimum Gasteiger partial charge on any atom is -0.392 e. The van der Waals surface area contributed by atoms with Gasteiger partial charge in [-0.05, 0) is 18.1 Å². The molecule has 1 fully saturated rings. The summed E-state index contributed by atoms with van der Waals surface area (Å²) in [5.74, 6) is 0. The van der Waals surface area contributed by atoms with Gasteiger partial charge in [-0.2, -0.15) is 0 Å². The van der Waals surface area contributed by atoms with Crippen molar-refractivity contribution in [1.29, 1.82) is 0 Å². The van der Waals surface area contributed by atoms with Gasteiger partial charge in [0.25, 0.3) is 0 Å². The number of hydrogen-bond acceptors (Lipinski definition) is 4. The number of aromatic nitrogens is 1. The average Bonchev–Trinajstić information content (AvgIpc) is 2.48. The maximum Gasteiger partial charge on any atom is 0.0902 e. The lowest BCUT2D eigenvalue weighted by Crippen LogP contribution is -2.53. The largest absolute Gasteiger partial charge is 0.392 e. The van der Waals surface area contributed by atoms with Crippen LogP contribution in [0.25, 0.3) is 0 Å². The van der Waals surface area contributed by atoms with Crippen molar-refractivity contribution in [2.24, 2.45) is 5.73 Å². The highest BCUT2D eigenvalue weighted by Gasteiger charge is 2.25. The fraction of sp³-hybridized carbons (Fsp3) is 0.600. The van der Waals surface area contributed by atoms with E-state index < -0.39 is 0 Å². The molecule has 1 aromatic heterocycles. The Morgan fingerprint density at radius 1 is 1.43 bits per heavy atom. The lowest BCUT2D eigenvalue weighted by molar-refractivity contribution is 0.110. The quantitative estimate of drug-likeness (QED) is 0.813. The summed E-state index contributed by atoms with van der Waals surface area (Å²) in [6, 6.07) is 2.24. The topological polar surface area (TPSA) is 45.4 Å². The van der Waals surface area contributed by atoms with Crippen LogP contribution >= 0.6 is 23.8 Å². The molecule has 1 aliphatic rings. The number of piperazine rings is 1. The van der Waals surface area contributed by atoms with E-state index in [0.717, 1.165) is 56.2 Å². The molecule has 1 unspecified atom stereocenters. The summed E-state index contributed by atoms with van der Waals surface area (Å²) in [5, 5.41) is 0.743. The zero-order chi connectivity index (χ0) is 15.2. The summed E-state index contributed by atoms with van der Waals surface area (Å²) in [5.41, 5.74) is 7.02. The molecule has 1 atom stereocenters. The first-order valence-electron chi connectivity index (χ1n) is 7.46. The highest BCUT2D eigenvalue weighted by atomic mass is 35.5. The van der Waals surface area contributed by atoms with E-state index in [4.69, 9.17) is 29.6 Å². The van der Waals surface area contributed by atoms with Gasteiger partial charge in [0.1, 0.15) is 0 Å². The van der Waals surface area contributed by atoms with E-state index in [1.54, 1.807) is 12.4 Å². The van der Waals surface area contributed by atoms with E-state index in [-0.39, 0.29) is 6.04 Å². The lowest BCUT2D eigenvalue weighted by atomic mass is 10.1. The Bertz CT molecular complexity index is 474. The first-order valence-corrected chi connectivity index (χ1v) is 8.24. The van der Waals surface area contributed by atoms with Crippen molar-refractivity contribution in [3.63, 3.8) is 0 Å². The molecule has 0 radical (unpaired) electrons. The van der Waals surface area contributed by atoms with Crippen LogP contribution in [-0.2, 0) is 6.54 Å². The van der Waals surface area contributed by atoms with Crippen molar-refractivity contribution >= 4 is 28.8 Å². The van der Waals surface area contributed by atoms with E-state index >= 15 is 0 Å². The van der Waals surface area contributed by atoms with Crippen LogP contribution in [0.3, 0.4) is 0 Å². The van der Waals surface area contributed by atoms with E-state index in [9.17, 15) is 0 Å². The molecule has 0 aliphatic carbocycles. The van der Waals surface area contributed by atoms with Crippen molar-refractivity contribution in [3.8, 4) is 0 Å². The molecule has 6 heteroatoms. The van der Waals surface area contributed by atoms with Gasteiger partial charge in [-0.25, -0.2) is 0 Å². The third-order valence-corrected chi connectivity index (χ3v) is 4.60. The predicted octanol–water partition coefficient (Wildman–Crippen LogP) is 2.31. The molecule has 0 amide bonds. The van der Waals surface area contributed by atoms with Crippen molar-refractivity contribution < 1.29 is 0 Å². The van der Waals surface area contributed by atoms with E-state index in [1.165, 1.54) is 0 Å². The average molecular weight is 327 g/mol. The number of nitrogens with zero attached hydrogens (tertiary/aromatic N) is 3. The van der Waals surface area contributed by atoms with Crippen LogP contribution in [0, 0.1) is 0 Å². The molecule has 1 aliphatic heterocycles. The molecule has 4 nitrogen and oxygen atoms in total. The SMILES string of the molecule is CCCC(C(N)=S)N1CCN(Cc2ccncc2Cl)CC1. The van der Waals surface area contributed by atoms with Gasteiger partial charge in [-0.1, -0.05) is 37.2 Å². The summed E-state index contributed by atoms with van der Waals surface area (Å²) < 4.78 is 0. The lowest BCUT2D eigenvalue weighted by Gasteiger charge is -2.39. The third-order valence-electron chi connectivity index (χ3n) is 3.99. The Balaban J connectivity index is 1.88. The van der Waals surface area contributed by atoms with Crippen LogP contribution in [0.15, 0.2) is 18.5 Å². The second kappa shape index (κ2) is 8.03. The number of nitrogens with two attached hydrogens (primary N) is 1. The van der Waals surface area contributed by atoms with Gasteiger partial charge in [0.15, 0.2) is 0 Å². The Morgan fingerprint density at radius 2 is 2.14 bits per heavy atom. The van der Waals surface area contributed by atoms with Crippen LogP contribution in [0.2, 0.25) is 5.02 Å². The third kappa shape index (κ3) is 4.61. The van der Waals surface area contributed by atoms with Crippen LogP contribution in [0.5, 0.6) is 0 Å². The zero-order valence-electron chi connectivity index (χ0n) is 12.5. The molecule has 0 aromatic carbocycles. The summed E-state index contributed by atoms with van der Waals surface area (Å²) in [4.78, 5) is 9.48. The second-order valence-electron chi connectivity index (χ2n) is 5.49. The first kappa shape index (κ1) is 16.6. The maximum atomic E-state index is 6.17. The molecular weight excluding hydrogens is 304 g/mol. The highest BCUT2D eigenvalue weighted by Crippen LogP contribution is 2.18. The molecular formula is C15H23ClN4S. The van der Waals surface area contributed by atoms with E-state index in [0.29, 0.717) is 4.99 Å². The minimum atomic E-state index is 0.247. The van der Waals surface area contributed by atoms with Crippen LogP contribution in [0.1, 0.15) is 25.3 Å². The molecule has 1 saturated heterocycles. The zero-order valence-corrected chi connectivity index (χ0v) is 14.0. The molecule has 0 bridgehead atoms. The fourth-order valence-electron chi connectivity index (χ4n) is 2.78. The van der Waals surface area contributed by atoms with E-state index in [1.807, 2.05) is 6.07 Å². The number of thiocarbonyl (C=S) groups is 1.